The molecular formula is C22H24BrN5O3. The number of piperidine rings is 1. The molecule has 0 spiro atoms. The molecule has 1 saturated heterocycles. The van der Waals surface area contributed by atoms with Crippen molar-refractivity contribution >= 4 is 45.3 Å². The van der Waals surface area contributed by atoms with E-state index < -0.39 is 0 Å². The van der Waals surface area contributed by atoms with Gasteiger partial charge in [0.15, 0.2) is 0 Å². The van der Waals surface area contributed by atoms with Crippen molar-refractivity contribution in [2.24, 2.45) is 5.92 Å². The Labute approximate surface area is 188 Å². The van der Waals surface area contributed by atoms with Crippen LogP contribution in [0.4, 0.5) is 16.3 Å². The van der Waals surface area contributed by atoms with E-state index in [0.717, 1.165) is 17.3 Å². The number of amides is 4. The molecule has 0 unspecified atom stereocenters. The summed E-state index contributed by atoms with van der Waals surface area (Å²) in [6, 6.07) is 10.5. The van der Waals surface area contributed by atoms with Gasteiger partial charge < -0.3 is 20.9 Å². The number of aromatic nitrogens is 1. The fourth-order valence-electron chi connectivity index (χ4n) is 3.48. The predicted molar refractivity (Wildman–Crippen MR) is 121 cm³/mol. The number of nitrogens with zero attached hydrogens (tertiary/aromatic N) is 2. The van der Waals surface area contributed by atoms with Crippen LogP contribution in [0, 0.1) is 5.92 Å². The van der Waals surface area contributed by atoms with Crippen LogP contribution in [0.3, 0.4) is 0 Å². The number of anilines is 2. The number of benzene rings is 1. The van der Waals surface area contributed by atoms with E-state index in [0.29, 0.717) is 43.0 Å². The Morgan fingerprint density at radius 3 is 2.26 bits per heavy atom. The van der Waals surface area contributed by atoms with Gasteiger partial charge in [-0.2, -0.15) is 0 Å². The number of hydrogen-bond acceptors (Lipinski definition) is 4. The molecule has 0 atom stereocenters. The molecular weight excluding hydrogens is 462 g/mol. The summed E-state index contributed by atoms with van der Waals surface area (Å²) in [5.41, 5.74) is 1.21. The molecule has 0 bridgehead atoms. The lowest BCUT2D eigenvalue weighted by Gasteiger charge is -2.31. The summed E-state index contributed by atoms with van der Waals surface area (Å²) >= 11 is 3.32. The number of halogens is 1. The standard InChI is InChI=1S/C22H24BrN5O3/c23-16-3-8-19(24-13-16)27-20(29)14-9-11-28(12-10-14)21(30)15-1-4-17(5-2-15)25-22(31)26-18-6-7-18/h1-5,8,13-14,18H,6-7,9-12H2,(H,24,27,29)(H2,25,26,31). The second-order valence-electron chi connectivity index (χ2n) is 7.87. The van der Waals surface area contributed by atoms with Crippen molar-refractivity contribution in [2.45, 2.75) is 31.7 Å². The minimum Gasteiger partial charge on any atom is -0.339 e. The zero-order valence-electron chi connectivity index (χ0n) is 16.9. The van der Waals surface area contributed by atoms with Crippen LogP contribution in [-0.4, -0.2) is 46.9 Å². The topological polar surface area (TPSA) is 103 Å². The van der Waals surface area contributed by atoms with Gasteiger partial charge in [-0.3, -0.25) is 9.59 Å². The Morgan fingerprint density at radius 1 is 0.935 bits per heavy atom. The zero-order valence-corrected chi connectivity index (χ0v) is 18.5. The maximum atomic E-state index is 12.8. The van der Waals surface area contributed by atoms with E-state index in [9.17, 15) is 14.4 Å². The molecule has 8 nitrogen and oxygen atoms in total. The van der Waals surface area contributed by atoms with Gasteiger partial charge in [-0.25, -0.2) is 9.78 Å². The molecule has 2 aliphatic rings. The number of hydrogen-bond donors (Lipinski definition) is 3. The molecule has 2 aromatic rings. The number of rotatable bonds is 5. The summed E-state index contributed by atoms with van der Waals surface area (Å²) in [7, 11) is 0. The first-order chi connectivity index (χ1) is 15.0. The van der Waals surface area contributed by atoms with Gasteiger partial charge in [0.2, 0.25) is 5.91 Å². The van der Waals surface area contributed by atoms with E-state index >= 15 is 0 Å². The Kier molecular flexibility index (Phi) is 6.50. The first-order valence-electron chi connectivity index (χ1n) is 10.4. The quantitative estimate of drug-likeness (QED) is 0.601. The molecule has 1 saturated carbocycles. The van der Waals surface area contributed by atoms with Crippen LogP contribution in [0.2, 0.25) is 0 Å². The van der Waals surface area contributed by atoms with Gasteiger partial charge in [-0.05, 0) is 78.0 Å². The number of nitrogens with one attached hydrogen (secondary N) is 3. The second-order valence-corrected chi connectivity index (χ2v) is 8.78. The summed E-state index contributed by atoms with van der Waals surface area (Å²) in [5.74, 6) is 0.238. The fourth-order valence-corrected chi connectivity index (χ4v) is 3.72. The maximum Gasteiger partial charge on any atom is 0.319 e. The van der Waals surface area contributed by atoms with Gasteiger partial charge in [0.05, 0.1) is 0 Å². The van der Waals surface area contributed by atoms with E-state index in [1.165, 1.54) is 0 Å². The third-order valence-corrected chi connectivity index (χ3v) is 5.90. The highest BCUT2D eigenvalue weighted by atomic mass is 79.9. The molecule has 1 aromatic heterocycles. The van der Waals surface area contributed by atoms with Crippen molar-refractivity contribution in [3.05, 3.63) is 52.6 Å². The summed E-state index contributed by atoms with van der Waals surface area (Å²) in [4.78, 5) is 43.0. The third-order valence-electron chi connectivity index (χ3n) is 5.43. The minimum atomic E-state index is -0.222. The maximum absolute atomic E-state index is 12.8. The van der Waals surface area contributed by atoms with Crippen molar-refractivity contribution in [2.75, 3.05) is 23.7 Å². The lowest BCUT2D eigenvalue weighted by molar-refractivity contribution is -0.121. The molecule has 1 aromatic carbocycles. The molecule has 31 heavy (non-hydrogen) atoms. The lowest BCUT2D eigenvalue weighted by Crippen LogP contribution is -2.41. The van der Waals surface area contributed by atoms with E-state index in [1.54, 1.807) is 41.4 Å². The van der Waals surface area contributed by atoms with Crippen LogP contribution < -0.4 is 16.0 Å². The Morgan fingerprint density at radius 2 is 1.65 bits per heavy atom. The Balaban J connectivity index is 1.26. The largest absolute Gasteiger partial charge is 0.339 e. The number of urea groups is 1. The fraction of sp³-hybridized carbons (Fsp3) is 0.364. The van der Waals surface area contributed by atoms with Crippen LogP contribution in [0.5, 0.6) is 0 Å². The molecule has 1 aliphatic heterocycles. The van der Waals surface area contributed by atoms with Gasteiger partial charge in [0.1, 0.15) is 5.82 Å². The zero-order chi connectivity index (χ0) is 21.8. The van der Waals surface area contributed by atoms with E-state index in [1.807, 2.05) is 6.07 Å². The summed E-state index contributed by atoms with van der Waals surface area (Å²) in [6.07, 6.45) is 4.90. The molecule has 1 aliphatic carbocycles. The van der Waals surface area contributed by atoms with E-state index in [-0.39, 0.29) is 29.8 Å². The Hall–Kier alpha value is -2.94. The minimum absolute atomic E-state index is 0.0672. The van der Waals surface area contributed by atoms with Gasteiger partial charge in [0.25, 0.3) is 5.91 Å². The highest BCUT2D eigenvalue weighted by molar-refractivity contribution is 9.10. The SMILES string of the molecule is O=C(Nc1ccc(C(=O)N2CCC(C(=O)Nc3ccc(Br)cn3)CC2)cc1)NC1CC1. The number of carbonyl (C=O) groups excluding carboxylic acids is 3. The highest BCUT2D eigenvalue weighted by Gasteiger charge is 2.28. The van der Waals surface area contributed by atoms with Crippen molar-refractivity contribution in [1.82, 2.24) is 15.2 Å². The molecule has 0 radical (unpaired) electrons. The summed E-state index contributed by atoms with van der Waals surface area (Å²) < 4.78 is 0.850. The average Bonchev–Trinajstić information content (AvgIpc) is 3.59. The lowest BCUT2D eigenvalue weighted by atomic mass is 9.95. The summed E-state index contributed by atoms with van der Waals surface area (Å²) in [6.45, 7) is 1.04. The van der Waals surface area contributed by atoms with Crippen molar-refractivity contribution in [3.8, 4) is 0 Å². The summed E-state index contributed by atoms with van der Waals surface area (Å²) in [5, 5.41) is 8.47. The van der Waals surface area contributed by atoms with Crippen LogP contribution in [0.25, 0.3) is 0 Å². The molecule has 162 valence electrons. The van der Waals surface area contributed by atoms with Crippen LogP contribution >= 0.6 is 15.9 Å². The van der Waals surface area contributed by atoms with Crippen molar-refractivity contribution in [1.29, 1.82) is 0 Å². The van der Waals surface area contributed by atoms with E-state index in [4.69, 9.17) is 0 Å². The molecule has 4 rings (SSSR count). The Bertz CT molecular complexity index is 952. The number of likely N-dealkylation sites (tertiary alicyclic amines) is 1. The first kappa shape index (κ1) is 21.3. The van der Waals surface area contributed by atoms with Gasteiger partial charge in [0, 0.05) is 47.0 Å². The van der Waals surface area contributed by atoms with Gasteiger partial charge >= 0.3 is 6.03 Å². The van der Waals surface area contributed by atoms with Crippen molar-refractivity contribution in [3.63, 3.8) is 0 Å². The van der Waals surface area contributed by atoms with Gasteiger partial charge in [-0.15, -0.1) is 0 Å². The predicted octanol–water partition coefficient (Wildman–Crippen LogP) is 3.62. The van der Waals surface area contributed by atoms with Gasteiger partial charge in [-0.1, -0.05) is 0 Å². The molecule has 3 N–H and O–H groups in total. The van der Waals surface area contributed by atoms with Crippen LogP contribution in [0.1, 0.15) is 36.0 Å². The highest BCUT2D eigenvalue weighted by Crippen LogP contribution is 2.22. The molecule has 9 heteroatoms. The number of pyridine rings is 1. The smallest absolute Gasteiger partial charge is 0.319 e. The monoisotopic (exact) mass is 485 g/mol. The molecule has 2 fully saturated rings. The van der Waals surface area contributed by atoms with E-state index in [2.05, 4.69) is 36.9 Å². The van der Waals surface area contributed by atoms with Crippen molar-refractivity contribution < 1.29 is 14.4 Å². The number of carbonyl (C=O) groups is 3. The van der Waals surface area contributed by atoms with Crippen LogP contribution in [-0.2, 0) is 4.79 Å². The molecule has 4 amide bonds. The third kappa shape index (κ3) is 5.81. The second kappa shape index (κ2) is 9.47. The first-order valence-corrected chi connectivity index (χ1v) is 11.2. The average molecular weight is 486 g/mol. The normalized spacial score (nSPS) is 16.5. The molecule has 2 heterocycles. The van der Waals surface area contributed by atoms with Crippen LogP contribution in [0.15, 0.2) is 47.1 Å².